The van der Waals surface area contributed by atoms with Gasteiger partial charge in [0.2, 0.25) is 6.29 Å². The molecule has 200 valence electrons. The summed E-state index contributed by atoms with van der Waals surface area (Å²) in [6.45, 7) is 7.25. The van der Waals surface area contributed by atoms with E-state index in [0.717, 1.165) is 38.0 Å². The number of aryl methyl sites for hydroxylation is 1. The zero-order chi connectivity index (χ0) is 26.2. The maximum atomic E-state index is 13.4. The number of rotatable bonds is 18. The predicted octanol–water partition coefficient (Wildman–Crippen LogP) is 8.08. The Balaban J connectivity index is 2.00. The van der Waals surface area contributed by atoms with Crippen LogP contribution in [0.2, 0.25) is 0 Å². The quantitative estimate of drug-likeness (QED) is 0.0905. The van der Waals surface area contributed by atoms with Gasteiger partial charge in [-0.3, -0.25) is 0 Å². The van der Waals surface area contributed by atoms with E-state index in [4.69, 9.17) is 9.47 Å². The van der Waals surface area contributed by atoms with Gasteiger partial charge in [-0.2, -0.15) is 0 Å². The first-order valence-corrected chi connectivity index (χ1v) is 14.2. The van der Waals surface area contributed by atoms with Crippen molar-refractivity contribution in [1.82, 2.24) is 0 Å². The van der Waals surface area contributed by atoms with Crippen molar-refractivity contribution in [2.75, 3.05) is 14.1 Å². The summed E-state index contributed by atoms with van der Waals surface area (Å²) in [6.07, 6.45) is 11.5. The molecule has 4 nitrogen and oxygen atoms in total. The normalized spacial score (nSPS) is 13.2. The third kappa shape index (κ3) is 10.7. The Morgan fingerprint density at radius 3 is 2.14 bits per heavy atom. The highest BCUT2D eigenvalue weighted by Gasteiger charge is 2.37. The van der Waals surface area contributed by atoms with Gasteiger partial charge in [-0.05, 0) is 43.4 Å². The fourth-order valence-corrected chi connectivity index (χ4v) is 4.81. The van der Waals surface area contributed by atoms with Gasteiger partial charge in [0.15, 0.2) is 6.04 Å². The van der Waals surface area contributed by atoms with Gasteiger partial charge in [0.25, 0.3) is 0 Å². The van der Waals surface area contributed by atoms with E-state index in [-0.39, 0.29) is 12.0 Å². The molecular formula is C32H50NO3+. The molecule has 0 heterocycles. The van der Waals surface area contributed by atoms with Crippen LogP contribution in [0.5, 0.6) is 5.75 Å². The van der Waals surface area contributed by atoms with Gasteiger partial charge < -0.3 is 14.0 Å². The summed E-state index contributed by atoms with van der Waals surface area (Å²) in [5, 5.41) is 0. The minimum atomic E-state index is -0.567. The van der Waals surface area contributed by atoms with Crippen molar-refractivity contribution in [3.63, 3.8) is 0 Å². The lowest BCUT2D eigenvalue weighted by Gasteiger charge is -2.37. The predicted molar refractivity (Wildman–Crippen MR) is 150 cm³/mol. The van der Waals surface area contributed by atoms with Gasteiger partial charge >= 0.3 is 5.97 Å². The van der Waals surface area contributed by atoms with Crippen molar-refractivity contribution in [1.29, 1.82) is 0 Å². The summed E-state index contributed by atoms with van der Waals surface area (Å²) in [4.78, 5) is 13.4. The number of quaternary nitrogens is 1. The van der Waals surface area contributed by atoms with Crippen LogP contribution in [-0.4, -0.2) is 36.9 Å². The van der Waals surface area contributed by atoms with E-state index in [2.05, 4.69) is 59.1 Å². The number of hydrogen-bond acceptors (Lipinski definition) is 3. The summed E-state index contributed by atoms with van der Waals surface area (Å²) >= 11 is 0. The first kappa shape index (κ1) is 29.9. The Hall–Kier alpha value is -2.33. The Morgan fingerprint density at radius 1 is 0.778 bits per heavy atom. The highest BCUT2D eigenvalue weighted by molar-refractivity contribution is 5.74. The van der Waals surface area contributed by atoms with E-state index >= 15 is 0 Å². The smallest absolute Gasteiger partial charge is 0.368 e. The molecule has 2 rings (SSSR count). The van der Waals surface area contributed by atoms with Crippen molar-refractivity contribution in [3.05, 3.63) is 65.7 Å². The van der Waals surface area contributed by atoms with E-state index < -0.39 is 6.29 Å². The highest BCUT2D eigenvalue weighted by atomic mass is 16.7. The Kier molecular flexibility index (Phi) is 13.6. The van der Waals surface area contributed by atoms with Gasteiger partial charge in [-0.15, -0.1) is 0 Å². The Labute approximate surface area is 220 Å². The van der Waals surface area contributed by atoms with Gasteiger partial charge in [0, 0.05) is 18.4 Å². The molecule has 0 spiro atoms. The molecule has 0 aliphatic rings. The first-order valence-electron chi connectivity index (χ1n) is 14.2. The molecule has 4 heteroatoms. The Morgan fingerprint density at radius 2 is 1.44 bits per heavy atom. The second-order valence-corrected chi connectivity index (χ2v) is 10.7. The van der Waals surface area contributed by atoms with Gasteiger partial charge in [-0.1, -0.05) is 95.3 Å². The van der Waals surface area contributed by atoms with Crippen molar-refractivity contribution in [3.8, 4) is 5.75 Å². The highest BCUT2D eigenvalue weighted by Crippen LogP contribution is 2.23. The van der Waals surface area contributed by atoms with Gasteiger partial charge in [-0.25, -0.2) is 4.79 Å². The number of carbonyl (C=O) groups is 1. The molecule has 2 atom stereocenters. The molecule has 2 aromatic carbocycles. The molecule has 0 bridgehead atoms. The van der Waals surface area contributed by atoms with Crippen LogP contribution in [0.15, 0.2) is 54.6 Å². The van der Waals surface area contributed by atoms with Crippen molar-refractivity contribution >= 4 is 5.97 Å². The third-order valence-corrected chi connectivity index (χ3v) is 6.87. The lowest BCUT2D eigenvalue weighted by molar-refractivity contribution is -0.920. The van der Waals surface area contributed by atoms with Crippen LogP contribution in [0.3, 0.4) is 0 Å². The van der Waals surface area contributed by atoms with E-state index in [1.54, 1.807) is 0 Å². The topological polar surface area (TPSA) is 35.5 Å². The largest absolute Gasteiger partial charge is 0.455 e. The summed E-state index contributed by atoms with van der Waals surface area (Å²) in [7, 11) is 4.24. The molecule has 0 saturated heterocycles. The van der Waals surface area contributed by atoms with Crippen LogP contribution >= 0.6 is 0 Å². The molecule has 0 amide bonds. The van der Waals surface area contributed by atoms with Crippen LogP contribution in [0, 0.1) is 0 Å². The molecule has 0 radical (unpaired) electrons. The van der Waals surface area contributed by atoms with Gasteiger partial charge in [0.05, 0.1) is 14.1 Å². The van der Waals surface area contributed by atoms with Crippen LogP contribution in [0.25, 0.3) is 0 Å². The lowest BCUT2D eigenvalue weighted by Crippen LogP contribution is -2.53. The minimum Gasteiger partial charge on any atom is -0.455 e. The average Bonchev–Trinajstić information content (AvgIpc) is 2.85. The number of nitrogens with zero attached hydrogens (tertiary/aromatic N) is 1. The summed E-state index contributed by atoms with van der Waals surface area (Å²) in [5.74, 6) is 0.620. The van der Waals surface area contributed by atoms with Crippen molar-refractivity contribution in [2.24, 2.45) is 0 Å². The standard InChI is InChI=1S/C32H50NO3/c1-6-9-10-11-12-14-20-27-23-17-24-29(25-27)35-31(19-8-3)36-32(34)30(18-7-2)33(4,5)26-28-21-15-13-16-22-28/h13,15-17,21-25,30-31H,6-12,14,18-20,26H2,1-5H3/q+1. The second kappa shape index (κ2) is 16.4. The number of likely N-dealkylation sites (N-methyl/N-ethyl adjacent to an activating group) is 1. The van der Waals surface area contributed by atoms with E-state index in [1.165, 1.54) is 49.7 Å². The average molecular weight is 497 g/mol. The fourth-order valence-electron chi connectivity index (χ4n) is 4.81. The van der Waals surface area contributed by atoms with E-state index in [9.17, 15) is 4.79 Å². The zero-order valence-electron chi connectivity index (χ0n) is 23.5. The first-order chi connectivity index (χ1) is 17.4. The third-order valence-electron chi connectivity index (χ3n) is 6.87. The van der Waals surface area contributed by atoms with E-state index in [0.29, 0.717) is 10.9 Å². The molecular weight excluding hydrogens is 446 g/mol. The van der Waals surface area contributed by atoms with Crippen LogP contribution in [0.1, 0.15) is 96.1 Å². The fraction of sp³-hybridized carbons (Fsp3) is 0.594. The molecule has 0 aromatic heterocycles. The van der Waals surface area contributed by atoms with Crippen LogP contribution < -0.4 is 4.74 Å². The molecule has 0 saturated carbocycles. The monoisotopic (exact) mass is 496 g/mol. The maximum Gasteiger partial charge on any atom is 0.368 e. The van der Waals surface area contributed by atoms with E-state index in [1.807, 2.05) is 30.3 Å². The maximum absolute atomic E-state index is 13.4. The second-order valence-electron chi connectivity index (χ2n) is 10.7. The minimum absolute atomic E-state index is 0.167. The molecule has 0 N–H and O–H groups in total. The lowest BCUT2D eigenvalue weighted by atomic mass is 10.0. The summed E-state index contributed by atoms with van der Waals surface area (Å²) in [5.41, 5.74) is 2.51. The molecule has 2 unspecified atom stereocenters. The number of hydrogen-bond donors (Lipinski definition) is 0. The number of ether oxygens (including phenoxy) is 2. The van der Waals surface area contributed by atoms with Gasteiger partial charge in [0.1, 0.15) is 12.3 Å². The molecule has 2 aromatic rings. The van der Waals surface area contributed by atoms with Crippen LogP contribution in [-0.2, 0) is 22.5 Å². The van der Waals surface area contributed by atoms with Crippen LogP contribution in [0.4, 0.5) is 0 Å². The number of carbonyl (C=O) groups excluding carboxylic acids is 1. The summed E-state index contributed by atoms with van der Waals surface area (Å²) < 4.78 is 12.8. The van der Waals surface area contributed by atoms with Crippen molar-refractivity contribution in [2.45, 2.75) is 110 Å². The van der Waals surface area contributed by atoms with Crippen molar-refractivity contribution < 1.29 is 18.8 Å². The number of benzene rings is 2. The summed E-state index contributed by atoms with van der Waals surface area (Å²) in [6, 6.07) is 18.4. The zero-order valence-corrected chi connectivity index (χ0v) is 23.5. The molecule has 0 aliphatic carbocycles. The number of esters is 1. The SMILES string of the molecule is CCCCCCCCc1cccc(OC(CCC)OC(=O)C(CCC)[N+](C)(C)Cc2ccccc2)c1. The molecule has 36 heavy (non-hydrogen) atoms. The molecule has 0 fully saturated rings. The number of unbranched alkanes of at least 4 members (excludes halogenated alkanes) is 5. The Bertz CT molecular complexity index is 865. The molecule has 0 aliphatic heterocycles.